The van der Waals surface area contributed by atoms with Crippen LogP contribution in [0.1, 0.15) is 68.6 Å². The van der Waals surface area contributed by atoms with Crippen LogP contribution in [-0.2, 0) is 21.7 Å². The maximum Gasteiger partial charge on any atom is 0.305 e. The molecule has 23 heteroatoms. The molecule has 0 aliphatic carbocycles. The minimum absolute atomic E-state index is 0.0404. The van der Waals surface area contributed by atoms with Crippen molar-refractivity contribution >= 4 is 0 Å². The Kier molecular flexibility index (Phi) is 11.3. The number of rotatable bonds is 7. The molecule has 6 aromatic carbocycles. The van der Waals surface area contributed by atoms with Crippen LogP contribution in [0.5, 0.6) is 86.2 Å². The van der Waals surface area contributed by atoms with Crippen LogP contribution in [0, 0.1) is 0 Å². The minimum atomic E-state index is -2.52. The molecule has 1 unspecified atom stereocenters. The fourth-order valence-electron chi connectivity index (χ4n) is 10.8. The van der Waals surface area contributed by atoms with Gasteiger partial charge in [-0.05, 0) is 53.6 Å². The molecular formula is C51H46O23. The van der Waals surface area contributed by atoms with Crippen molar-refractivity contribution in [1.29, 1.82) is 0 Å². The molecule has 23 nitrogen and oxygen atoms in total. The van der Waals surface area contributed by atoms with Gasteiger partial charge in [0.05, 0.1) is 24.5 Å². The van der Waals surface area contributed by atoms with Gasteiger partial charge in [0.15, 0.2) is 53.0 Å². The molecule has 5 heterocycles. The molecule has 74 heavy (non-hydrogen) atoms. The van der Waals surface area contributed by atoms with Crippen molar-refractivity contribution in [3.05, 3.63) is 123 Å². The van der Waals surface area contributed by atoms with Crippen LogP contribution in [0.2, 0.25) is 0 Å². The van der Waals surface area contributed by atoms with Crippen molar-refractivity contribution in [1.82, 2.24) is 0 Å². The van der Waals surface area contributed by atoms with E-state index < -0.39 is 154 Å². The molecular weight excluding hydrogens is 981 g/mol. The standard InChI is InChI=1S/C51H46O23/c52-15-34-41(65)43(67)44(68)50(69-34)72-49-40-35-28(61)10-19(53)11-32(35)73-51(49,18-3-6-23(56)27(60)9-18)74-33-14-30(63)37-39(42(66)46(71-48(37)38(33)40)17-2-5-22(55)26(59)8-17)36-29(62)13-24(57)20-12-31(64)45(70-47(20)36)16-1-4-21(54)25(58)7-16/h1-11,13-14,31,34,39-46,49-50,52-68H,12,15H2/t31-,34-,39?,40-,41+,42-,43+,44-,45-,46-,49-,50+,51+/m1/s1. The second-order valence-corrected chi connectivity index (χ2v) is 18.7. The van der Waals surface area contributed by atoms with Crippen LogP contribution in [0.25, 0.3) is 0 Å². The first-order chi connectivity index (χ1) is 35.2. The van der Waals surface area contributed by atoms with Crippen LogP contribution >= 0.6 is 0 Å². The fraction of sp³-hybridized carbons (Fsp3) is 0.294. The SMILES string of the molecule is OC[C@H]1O[C@@H](O[C@@H]2[C@@H]3c4c(O)cc(O)cc4O[C@@]2(c2ccc(O)c(O)c2)Oc2cc(O)c4c(c23)O[C@H](c2ccc(O)c(O)c2)[C@H](O)C4c2c(O)cc(O)c3c2O[C@H](c2ccc(O)c(O)c2)[C@H](O)C3)[C@H](O)[C@@H](O)[C@H]1O. The molecule has 1 fully saturated rings. The summed E-state index contributed by atoms with van der Waals surface area (Å²) in [5.74, 6) is -14.3. The van der Waals surface area contributed by atoms with Crippen molar-refractivity contribution in [3.8, 4) is 86.2 Å². The molecule has 2 bridgehead atoms. The van der Waals surface area contributed by atoms with E-state index in [1.807, 2.05) is 0 Å². The molecule has 0 spiro atoms. The van der Waals surface area contributed by atoms with Crippen LogP contribution in [0.4, 0.5) is 0 Å². The quantitative estimate of drug-likeness (QED) is 0.102. The second kappa shape index (κ2) is 17.3. The van der Waals surface area contributed by atoms with Crippen LogP contribution in [-0.4, -0.2) is 142 Å². The Hall–Kier alpha value is -8.00. The summed E-state index contributed by atoms with van der Waals surface area (Å²) >= 11 is 0. The number of benzene rings is 6. The number of aromatic hydroxyl groups is 11. The number of hydrogen-bond donors (Lipinski definition) is 17. The van der Waals surface area contributed by atoms with Gasteiger partial charge in [-0.25, -0.2) is 0 Å². The normalized spacial score (nSPS) is 29.5. The molecule has 0 saturated carbocycles. The Morgan fingerprint density at radius 3 is 1.69 bits per heavy atom. The Morgan fingerprint density at radius 1 is 0.486 bits per heavy atom. The number of aliphatic hydroxyl groups is 6. The lowest BCUT2D eigenvalue weighted by Crippen LogP contribution is -2.64. The number of hydrogen-bond acceptors (Lipinski definition) is 23. The molecule has 0 amide bonds. The molecule has 17 N–H and O–H groups in total. The molecule has 5 aliphatic heterocycles. The Bertz CT molecular complexity index is 3250. The zero-order valence-corrected chi connectivity index (χ0v) is 37.9. The van der Waals surface area contributed by atoms with Gasteiger partial charge >= 0.3 is 5.79 Å². The highest BCUT2D eigenvalue weighted by atomic mass is 16.8. The van der Waals surface area contributed by atoms with E-state index in [-0.39, 0.29) is 68.2 Å². The number of aliphatic hydroxyl groups excluding tert-OH is 6. The van der Waals surface area contributed by atoms with Crippen molar-refractivity contribution < 1.29 is 115 Å². The third-order valence-electron chi connectivity index (χ3n) is 14.3. The summed E-state index contributed by atoms with van der Waals surface area (Å²) in [5.41, 5.74) is -1.30. The van der Waals surface area contributed by atoms with Gasteiger partial charge in [0, 0.05) is 64.1 Å². The second-order valence-electron chi connectivity index (χ2n) is 18.7. The fourth-order valence-corrected chi connectivity index (χ4v) is 10.8. The van der Waals surface area contributed by atoms with Gasteiger partial charge in [-0.1, -0.05) is 12.1 Å². The van der Waals surface area contributed by atoms with E-state index in [1.165, 1.54) is 18.2 Å². The van der Waals surface area contributed by atoms with E-state index in [0.29, 0.717) is 0 Å². The van der Waals surface area contributed by atoms with Gasteiger partial charge in [0.1, 0.15) is 88.4 Å². The average molecular weight is 1030 g/mol. The summed E-state index contributed by atoms with van der Waals surface area (Å²) in [6.07, 6.45) is -18.3. The largest absolute Gasteiger partial charge is 0.508 e. The molecule has 11 rings (SSSR count). The maximum absolute atomic E-state index is 12.8. The highest BCUT2D eigenvalue weighted by molar-refractivity contribution is 5.72. The predicted octanol–water partition coefficient (Wildman–Crippen LogP) is 2.07. The van der Waals surface area contributed by atoms with Crippen molar-refractivity contribution in [2.24, 2.45) is 0 Å². The van der Waals surface area contributed by atoms with E-state index in [0.717, 1.165) is 60.7 Å². The highest BCUT2D eigenvalue weighted by Gasteiger charge is 2.64. The van der Waals surface area contributed by atoms with Crippen molar-refractivity contribution in [2.75, 3.05) is 6.61 Å². The van der Waals surface area contributed by atoms with Crippen LogP contribution in [0.3, 0.4) is 0 Å². The van der Waals surface area contributed by atoms with Gasteiger partial charge in [0.2, 0.25) is 0 Å². The first-order valence-electron chi connectivity index (χ1n) is 22.8. The third-order valence-corrected chi connectivity index (χ3v) is 14.3. The van der Waals surface area contributed by atoms with E-state index in [2.05, 4.69) is 0 Å². The molecule has 6 aromatic rings. The molecule has 1 saturated heterocycles. The van der Waals surface area contributed by atoms with Gasteiger partial charge in [0.25, 0.3) is 0 Å². The Morgan fingerprint density at radius 2 is 1.05 bits per heavy atom. The number of ether oxygens (including phenoxy) is 6. The number of fused-ring (bicyclic) bond motifs is 9. The Labute approximate surface area is 415 Å². The summed E-state index contributed by atoms with van der Waals surface area (Å²) in [4.78, 5) is 0. The average Bonchev–Trinajstić information content (AvgIpc) is 3.36. The lowest BCUT2D eigenvalue weighted by molar-refractivity contribution is -0.345. The van der Waals surface area contributed by atoms with E-state index in [1.54, 1.807) is 0 Å². The topological polar surface area (TPSA) is 399 Å². The summed E-state index contributed by atoms with van der Waals surface area (Å²) in [7, 11) is 0. The third kappa shape index (κ3) is 7.26. The molecule has 13 atom stereocenters. The zero-order valence-electron chi connectivity index (χ0n) is 37.9. The zero-order chi connectivity index (χ0) is 52.6. The van der Waals surface area contributed by atoms with Crippen molar-refractivity contribution in [3.63, 3.8) is 0 Å². The van der Waals surface area contributed by atoms with Gasteiger partial charge < -0.3 is 115 Å². The monoisotopic (exact) mass is 1030 g/mol. The van der Waals surface area contributed by atoms with Crippen LogP contribution < -0.4 is 18.9 Å². The van der Waals surface area contributed by atoms with Crippen molar-refractivity contribution in [2.45, 2.75) is 85.3 Å². The molecule has 388 valence electrons. The smallest absolute Gasteiger partial charge is 0.305 e. The summed E-state index contributed by atoms with van der Waals surface area (Å²) < 4.78 is 38.8. The minimum Gasteiger partial charge on any atom is -0.508 e. The van der Waals surface area contributed by atoms with Crippen LogP contribution in [0.15, 0.2) is 78.9 Å². The van der Waals surface area contributed by atoms with Gasteiger partial charge in [-0.3, -0.25) is 0 Å². The molecule has 5 aliphatic rings. The molecule has 0 radical (unpaired) electrons. The first kappa shape index (κ1) is 48.3. The first-order valence-corrected chi connectivity index (χ1v) is 22.8. The van der Waals surface area contributed by atoms with E-state index in [4.69, 9.17) is 28.4 Å². The summed E-state index contributed by atoms with van der Waals surface area (Å²) in [5, 5.41) is 189. The number of phenolic OH excluding ortho intramolecular Hbond substituents is 11. The summed E-state index contributed by atoms with van der Waals surface area (Å²) in [6.45, 7) is -0.901. The van der Waals surface area contributed by atoms with E-state index in [9.17, 15) is 86.8 Å². The summed E-state index contributed by atoms with van der Waals surface area (Å²) in [6, 6.07) is 14.2. The molecule has 0 aromatic heterocycles. The van der Waals surface area contributed by atoms with E-state index >= 15 is 0 Å². The highest BCUT2D eigenvalue weighted by Crippen LogP contribution is 2.66. The Balaban J connectivity index is 1.20. The maximum atomic E-state index is 12.8. The number of phenols is 11. The van der Waals surface area contributed by atoms with Gasteiger partial charge in [-0.15, -0.1) is 0 Å². The lowest BCUT2D eigenvalue weighted by atomic mass is 9.71. The predicted molar refractivity (Wildman–Crippen MR) is 245 cm³/mol. The van der Waals surface area contributed by atoms with Gasteiger partial charge in [-0.2, -0.15) is 0 Å². The lowest BCUT2D eigenvalue weighted by Gasteiger charge is -2.53.